The molecule has 1 aliphatic rings. The van der Waals surface area contributed by atoms with Gasteiger partial charge in [-0.3, -0.25) is 14.3 Å². The number of fused-ring (bicyclic) bond motifs is 1. The molecule has 0 aliphatic carbocycles. The Morgan fingerprint density at radius 2 is 2.56 bits per heavy atom. The molecule has 0 bridgehead atoms. The first-order valence-corrected chi connectivity index (χ1v) is 5.19. The second-order valence-corrected chi connectivity index (χ2v) is 3.56. The van der Waals surface area contributed by atoms with Crippen molar-refractivity contribution in [2.75, 3.05) is 13.2 Å². The van der Waals surface area contributed by atoms with Crippen LogP contribution in [0.4, 0.5) is 0 Å². The first-order chi connectivity index (χ1) is 7.72. The van der Waals surface area contributed by atoms with Gasteiger partial charge in [0.05, 0.1) is 19.1 Å². The molecule has 2 rings (SSSR count). The van der Waals surface area contributed by atoms with Crippen LogP contribution in [-0.2, 0) is 16.1 Å². The van der Waals surface area contributed by atoms with E-state index in [0.717, 1.165) is 0 Å². The van der Waals surface area contributed by atoms with Crippen LogP contribution in [0, 0.1) is 5.92 Å². The van der Waals surface area contributed by atoms with E-state index in [4.69, 9.17) is 4.74 Å². The maximum Gasteiger partial charge on any atom is 0.312 e. The highest BCUT2D eigenvalue weighted by atomic mass is 16.5. The minimum absolute atomic E-state index is 0.204. The van der Waals surface area contributed by atoms with E-state index in [-0.39, 0.29) is 17.8 Å². The number of rotatable bonds is 2. The Hall–Kier alpha value is -1.85. The Morgan fingerprint density at radius 3 is 3.31 bits per heavy atom. The number of carbonyl (C=O) groups excluding carboxylic acids is 2. The van der Waals surface area contributed by atoms with E-state index in [1.54, 1.807) is 19.2 Å². The summed E-state index contributed by atoms with van der Waals surface area (Å²) in [5, 5.41) is 6.68. The maximum absolute atomic E-state index is 11.6. The topological polar surface area (TPSA) is 73.2 Å². The van der Waals surface area contributed by atoms with Gasteiger partial charge in [0.2, 0.25) is 0 Å². The van der Waals surface area contributed by atoms with Crippen molar-refractivity contribution in [2.24, 2.45) is 5.92 Å². The highest BCUT2D eigenvalue weighted by Gasteiger charge is 2.27. The molecule has 0 spiro atoms. The Kier molecular flexibility index (Phi) is 2.89. The smallest absolute Gasteiger partial charge is 0.312 e. The van der Waals surface area contributed by atoms with Crippen LogP contribution < -0.4 is 5.32 Å². The van der Waals surface area contributed by atoms with Gasteiger partial charge in [-0.15, -0.1) is 0 Å². The minimum Gasteiger partial charge on any atom is -0.466 e. The quantitative estimate of drug-likeness (QED) is 0.705. The van der Waals surface area contributed by atoms with Gasteiger partial charge in [-0.2, -0.15) is 5.10 Å². The molecule has 16 heavy (non-hydrogen) atoms. The van der Waals surface area contributed by atoms with Gasteiger partial charge in [0.15, 0.2) is 0 Å². The number of carbonyl (C=O) groups is 2. The van der Waals surface area contributed by atoms with Crippen molar-refractivity contribution in [1.82, 2.24) is 15.1 Å². The van der Waals surface area contributed by atoms with Gasteiger partial charge in [0.1, 0.15) is 5.69 Å². The molecule has 1 unspecified atom stereocenters. The number of hydrogen-bond donors (Lipinski definition) is 1. The predicted molar refractivity (Wildman–Crippen MR) is 54.7 cm³/mol. The second kappa shape index (κ2) is 4.34. The Labute approximate surface area is 92.6 Å². The van der Waals surface area contributed by atoms with Crippen molar-refractivity contribution in [2.45, 2.75) is 13.5 Å². The van der Waals surface area contributed by atoms with Crippen LogP contribution in [0.25, 0.3) is 0 Å². The number of amides is 1. The van der Waals surface area contributed by atoms with Crippen LogP contribution in [-0.4, -0.2) is 34.8 Å². The average Bonchev–Trinajstić information content (AvgIpc) is 2.66. The fourth-order valence-corrected chi connectivity index (χ4v) is 1.67. The molecule has 0 fully saturated rings. The molecule has 86 valence electrons. The fraction of sp³-hybridized carbons (Fsp3) is 0.500. The van der Waals surface area contributed by atoms with Gasteiger partial charge in [0.25, 0.3) is 5.91 Å². The van der Waals surface area contributed by atoms with E-state index in [1.807, 2.05) is 0 Å². The summed E-state index contributed by atoms with van der Waals surface area (Å²) in [5.74, 6) is -0.875. The van der Waals surface area contributed by atoms with Gasteiger partial charge in [-0.05, 0) is 13.0 Å². The van der Waals surface area contributed by atoms with Gasteiger partial charge in [-0.1, -0.05) is 0 Å². The van der Waals surface area contributed by atoms with Crippen molar-refractivity contribution < 1.29 is 14.3 Å². The van der Waals surface area contributed by atoms with Gasteiger partial charge in [0, 0.05) is 12.7 Å². The normalized spacial score (nSPS) is 19.6. The lowest BCUT2D eigenvalue weighted by Crippen LogP contribution is -2.32. The monoisotopic (exact) mass is 223 g/mol. The SMILES string of the molecule is CCOC(=O)C1CNC(=O)c2ccnn2C1. The summed E-state index contributed by atoms with van der Waals surface area (Å²) in [5.41, 5.74) is 0.479. The molecule has 1 amide bonds. The summed E-state index contributed by atoms with van der Waals surface area (Å²) >= 11 is 0. The van der Waals surface area contributed by atoms with E-state index < -0.39 is 0 Å². The largest absolute Gasteiger partial charge is 0.466 e. The first kappa shape index (κ1) is 10.7. The van der Waals surface area contributed by atoms with Crippen LogP contribution in [0.1, 0.15) is 17.4 Å². The van der Waals surface area contributed by atoms with E-state index in [0.29, 0.717) is 25.4 Å². The van der Waals surface area contributed by atoms with Crippen LogP contribution in [0.5, 0.6) is 0 Å². The van der Waals surface area contributed by atoms with Crippen LogP contribution in [0.2, 0.25) is 0 Å². The number of ether oxygens (including phenoxy) is 1. The maximum atomic E-state index is 11.6. The summed E-state index contributed by atoms with van der Waals surface area (Å²) in [6.07, 6.45) is 1.54. The first-order valence-electron chi connectivity index (χ1n) is 5.19. The highest BCUT2D eigenvalue weighted by molar-refractivity contribution is 5.93. The van der Waals surface area contributed by atoms with E-state index >= 15 is 0 Å². The lowest BCUT2D eigenvalue weighted by Gasteiger charge is -2.12. The van der Waals surface area contributed by atoms with Gasteiger partial charge in [-0.25, -0.2) is 0 Å². The van der Waals surface area contributed by atoms with E-state index in [9.17, 15) is 9.59 Å². The molecule has 6 heteroatoms. The van der Waals surface area contributed by atoms with Crippen molar-refractivity contribution >= 4 is 11.9 Å². The van der Waals surface area contributed by atoms with Crippen molar-refractivity contribution in [1.29, 1.82) is 0 Å². The van der Waals surface area contributed by atoms with Crippen molar-refractivity contribution in [3.05, 3.63) is 18.0 Å². The molecule has 0 saturated heterocycles. The lowest BCUT2D eigenvalue weighted by molar-refractivity contribution is -0.148. The zero-order valence-corrected chi connectivity index (χ0v) is 8.97. The molecule has 1 N–H and O–H groups in total. The third-order valence-electron chi connectivity index (χ3n) is 2.47. The summed E-state index contributed by atoms with van der Waals surface area (Å²) in [6.45, 7) is 2.77. The summed E-state index contributed by atoms with van der Waals surface area (Å²) < 4.78 is 6.46. The van der Waals surface area contributed by atoms with Crippen molar-refractivity contribution in [3.8, 4) is 0 Å². The molecule has 0 radical (unpaired) electrons. The average molecular weight is 223 g/mol. The van der Waals surface area contributed by atoms with Crippen LogP contribution in [0.3, 0.4) is 0 Å². The third-order valence-corrected chi connectivity index (χ3v) is 2.47. The Bertz CT molecular complexity index is 413. The number of nitrogens with zero attached hydrogens (tertiary/aromatic N) is 2. The minimum atomic E-state index is -0.370. The second-order valence-electron chi connectivity index (χ2n) is 3.56. The third kappa shape index (κ3) is 1.91. The van der Waals surface area contributed by atoms with Gasteiger partial charge >= 0.3 is 5.97 Å². The predicted octanol–water partition coefficient (Wildman–Crippen LogP) is -0.194. The molecule has 1 aromatic heterocycles. The van der Waals surface area contributed by atoms with E-state index in [2.05, 4.69) is 10.4 Å². The number of nitrogens with one attached hydrogen (secondary N) is 1. The van der Waals surface area contributed by atoms with E-state index in [1.165, 1.54) is 4.68 Å². The lowest BCUT2D eigenvalue weighted by atomic mass is 10.1. The number of aromatic nitrogens is 2. The van der Waals surface area contributed by atoms with Crippen molar-refractivity contribution in [3.63, 3.8) is 0 Å². The van der Waals surface area contributed by atoms with Crippen LogP contribution >= 0.6 is 0 Å². The highest BCUT2D eigenvalue weighted by Crippen LogP contribution is 2.10. The Morgan fingerprint density at radius 1 is 1.75 bits per heavy atom. The molecule has 1 aliphatic heterocycles. The molecular formula is C10H13N3O3. The number of hydrogen-bond acceptors (Lipinski definition) is 4. The zero-order chi connectivity index (χ0) is 11.5. The van der Waals surface area contributed by atoms with Crippen LogP contribution in [0.15, 0.2) is 12.3 Å². The molecule has 1 atom stereocenters. The summed E-state index contributed by atoms with van der Waals surface area (Å²) in [4.78, 5) is 23.1. The molecule has 2 heterocycles. The molecule has 0 aromatic carbocycles. The molecule has 0 saturated carbocycles. The molecule has 1 aromatic rings. The Balaban J connectivity index is 2.17. The van der Waals surface area contributed by atoms with Gasteiger partial charge < -0.3 is 10.1 Å². The molecular weight excluding hydrogens is 210 g/mol. The number of esters is 1. The summed E-state index contributed by atoms with van der Waals surface area (Å²) in [7, 11) is 0. The standard InChI is InChI=1S/C10H13N3O3/c1-2-16-10(15)7-5-11-9(14)8-3-4-12-13(8)6-7/h3-4,7H,2,5-6H2,1H3,(H,11,14). The molecule has 6 nitrogen and oxygen atoms in total. The fourth-order valence-electron chi connectivity index (χ4n) is 1.67. The zero-order valence-electron chi connectivity index (χ0n) is 8.97. The summed E-state index contributed by atoms with van der Waals surface area (Å²) in [6, 6.07) is 1.63.